The molecule has 0 heterocycles. The third kappa shape index (κ3) is 4.24. The molecule has 15 heavy (non-hydrogen) atoms. The molecule has 1 unspecified atom stereocenters. The molecule has 1 aromatic carbocycles. The molecule has 0 bridgehead atoms. The fourth-order valence-electron chi connectivity index (χ4n) is 1.34. The van der Waals surface area contributed by atoms with E-state index in [0.29, 0.717) is 0 Å². The van der Waals surface area contributed by atoms with E-state index < -0.39 is 5.60 Å². The fraction of sp³-hybridized carbons (Fsp3) is 0.500. The summed E-state index contributed by atoms with van der Waals surface area (Å²) in [5.74, 6) is 1.73. The first-order valence-corrected chi connectivity index (χ1v) is 6.38. The maximum absolute atomic E-state index is 10.2. The summed E-state index contributed by atoms with van der Waals surface area (Å²) in [6.45, 7) is 2.58. The van der Waals surface area contributed by atoms with Gasteiger partial charge in [0.1, 0.15) is 0 Å². The second-order valence-corrected chi connectivity index (χ2v) is 4.94. The molecule has 0 amide bonds. The van der Waals surface area contributed by atoms with E-state index in [9.17, 15) is 5.11 Å². The summed E-state index contributed by atoms with van der Waals surface area (Å²) in [5.41, 5.74) is 5.66. The first kappa shape index (κ1) is 12.6. The Bertz CT molecular complexity index is 274. The number of nitrogens with two attached hydrogens (primary N) is 1. The molecule has 0 fully saturated rings. The van der Waals surface area contributed by atoms with Crippen LogP contribution in [0.4, 0.5) is 0 Å². The Kier molecular flexibility index (Phi) is 5.15. The van der Waals surface area contributed by atoms with Crippen LogP contribution in [0.15, 0.2) is 30.3 Å². The topological polar surface area (TPSA) is 46.2 Å². The van der Waals surface area contributed by atoms with Crippen molar-refractivity contribution in [3.8, 4) is 0 Å². The minimum Gasteiger partial charge on any atom is -0.385 e. The van der Waals surface area contributed by atoms with Gasteiger partial charge in [-0.3, -0.25) is 0 Å². The highest BCUT2D eigenvalue weighted by molar-refractivity contribution is 7.99. The second-order valence-electron chi connectivity index (χ2n) is 3.83. The van der Waals surface area contributed by atoms with Gasteiger partial charge in [0, 0.05) is 5.75 Å². The first-order valence-electron chi connectivity index (χ1n) is 5.22. The van der Waals surface area contributed by atoms with Crippen molar-refractivity contribution in [2.75, 3.05) is 18.1 Å². The van der Waals surface area contributed by atoms with E-state index in [1.807, 2.05) is 37.3 Å². The molecular formula is C12H19NOS. The van der Waals surface area contributed by atoms with Crippen molar-refractivity contribution < 1.29 is 5.11 Å². The minimum atomic E-state index is -0.736. The lowest BCUT2D eigenvalue weighted by Gasteiger charge is -2.23. The van der Waals surface area contributed by atoms with Crippen LogP contribution in [0.3, 0.4) is 0 Å². The molecule has 84 valence electrons. The zero-order chi connectivity index (χ0) is 11.1. The predicted octanol–water partition coefficient (Wildman–Crippen LogP) is 1.98. The maximum atomic E-state index is 10.2. The number of rotatable bonds is 6. The first-order chi connectivity index (χ1) is 7.17. The Balaban J connectivity index is 2.45. The van der Waals surface area contributed by atoms with E-state index >= 15 is 0 Å². The molecule has 0 saturated heterocycles. The Labute approximate surface area is 95.9 Å². The van der Waals surface area contributed by atoms with Crippen LogP contribution < -0.4 is 5.73 Å². The van der Waals surface area contributed by atoms with Gasteiger partial charge in [-0.25, -0.2) is 0 Å². The number of hydrogen-bond acceptors (Lipinski definition) is 3. The van der Waals surface area contributed by atoms with E-state index in [1.54, 1.807) is 11.8 Å². The van der Waals surface area contributed by atoms with Gasteiger partial charge >= 0.3 is 0 Å². The lowest BCUT2D eigenvalue weighted by atomic mass is 9.99. The van der Waals surface area contributed by atoms with Crippen molar-refractivity contribution in [3.05, 3.63) is 35.9 Å². The van der Waals surface area contributed by atoms with E-state index in [1.165, 1.54) is 0 Å². The third-order valence-corrected chi connectivity index (χ3v) is 3.62. The molecule has 1 rings (SSSR count). The van der Waals surface area contributed by atoms with Crippen LogP contribution in [0.2, 0.25) is 0 Å². The largest absolute Gasteiger partial charge is 0.385 e. The lowest BCUT2D eigenvalue weighted by Crippen LogP contribution is -2.24. The summed E-state index contributed by atoms with van der Waals surface area (Å²) in [6, 6.07) is 9.79. The lowest BCUT2D eigenvalue weighted by molar-refractivity contribution is 0.0839. The molecule has 0 aliphatic heterocycles. The summed E-state index contributed by atoms with van der Waals surface area (Å²) in [4.78, 5) is 0. The van der Waals surface area contributed by atoms with E-state index in [-0.39, 0.29) is 0 Å². The molecule has 0 aromatic heterocycles. The molecule has 0 radical (unpaired) electrons. The molecule has 0 aliphatic carbocycles. The van der Waals surface area contributed by atoms with Gasteiger partial charge in [-0.1, -0.05) is 30.3 Å². The molecule has 0 saturated carbocycles. The van der Waals surface area contributed by atoms with E-state index in [4.69, 9.17) is 5.73 Å². The highest BCUT2D eigenvalue weighted by Crippen LogP contribution is 2.24. The number of hydrogen-bond donors (Lipinski definition) is 2. The molecule has 0 aliphatic rings. The molecular weight excluding hydrogens is 206 g/mol. The molecule has 3 N–H and O–H groups in total. The monoisotopic (exact) mass is 225 g/mol. The molecule has 0 spiro atoms. The van der Waals surface area contributed by atoms with Crippen LogP contribution in [-0.4, -0.2) is 23.2 Å². The van der Waals surface area contributed by atoms with Gasteiger partial charge in [-0.15, -0.1) is 0 Å². The van der Waals surface area contributed by atoms with Crippen LogP contribution >= 0.6 is 11.8 Å². The highest BCUT2D eigenvalue weighted by atomic mass is 32.2. The van der Waals surface area contributed by atoms with Crippen molar-refractivity contribution in [1.29, 1.82) is 0 Å². The average molecular weight is 225 g/mol. The van der Waals surface area contributed by atoms with Crippen LogP contribution in [-0.2, 0) is 5.60 Å². The van der Waals surface area contributed by atoms with Gasteiger partial charge in [-0.05, 0) is 31.2 Å². The molecule has 1 aromatic rings. The normalized spacial score (nSPS) is 14.9. The smallest absolute Gasteiger partial charge is 0.0958 e. The van der Waals surface area contributed by atoms with Crippen molar-refractivity contribution in [2.24, 2.45) is 5.73 Å². The minimum absolute atomic E-state index is 0.719. The van der Waals surface area contributed by atoms with Gasteiger partial charge in [0.2, 0.25) is 0 Å². The summed E-state index contributed by atoms with van der Waals surface area (Å²) < 4.78 is 0. The standard InChI is InChI=1S/C12H19NOS/c1-12(14,10-15-9-5-8-13)11-6-3-2-4-7-11/h2-4,6-7,14H,5,8-10,13H2,1H3. The third-order valence-electron chi connectivity index (χ3n) is 2.27. The summed E-state index contributed by atoms with van der Waals surface area (Å²) >= 11 is 1.75. The van der Waals surface area contributed by atoms with Crippen LogP contribution in [0, 0.1) is 0 Å². The van der Waals surface area contributed by atoms with Crippen LogP contribution in [0.25, 0.3) is 0 Å². The van der Waals surface area contributed by atoms with Crippen molar-refractivity contribution in [1.82, 2.24) is 0 Å². The Morgan fingerprint density at radius 1 is 1.33 bits per heavy atom. The zero-order valence-electron chi connectivity index (χ0n) is 9.15. The SMILES string of the molecule is CC(O)(CSCCCN)c1ccccc1. The number of thioether (sulfide) groups is 1. The fourth-order valence-corrected chi connectivity index (χ4v) is 2.42. The Morgan fingerprint density at radius 3 is 2.60 bits per heavy atom. The van der Waals surface area contributed by atoms with Crippen molar-refractivity contribution in [3.63, 3.8) is 0 Å². The zero-order valence-corrected chi connectivity index (χ0v) is 9.96. The quantitative estimate of drug-likeness (QED) is 0.728. The van der Waals surface area contributed by atoms with Gasteiger partial charge in [0.05, 0.1) is 5.60 Å². The molecule has 3 heteroatoms. The molecule has 2 nitrogen and oxygen atoms in total. The van der Waals surface area contributed by atoms with Gasteiger partial charge < -0.3 is 10.8 Å². The van der Waals surface area contributed by atoms with E-state index in [2.05, 4.69) is 0 Å². The van der Waals surface area contributed by atoms with E-state index in [0.717, 1.165) is 30.0 Å². The van der Waals surface area contributed by atoms with Crippen LogP contribution in [0.1, 0.15) is 18.9 Å². The highest BCUT2D eigenvalue weighted by Gasteiger charge is 2.22. The molecule has 1 atom stereocenters. The maximum Gasteiger partial charge on any atom is 0.0958 e. The number of aliphatic hydroxyl groups is 1. The number of benzene rings is 1. The summed E-state index contributed by atoms with van der Waals surface area (Å²) in [6.07, 6.45) is 1.01. The van der Waals surface area contributed by atoms with Crippen molar-refractivity contribution >= 4 is 11.8 Å². The van der Waals surface area contributed by atoms with Gasteiger partial charge in [-0.2, -0.15) is 11.8 Å². The van der Waals surface area contributed by atoms with Gasteiger partial charge in [0.25, 0.3) is 0 Å². The summed E-state index contributed by atoms with van der Waals surface area (Å²) in [5, 5.41) is 10.2. The average Bonchev–Trinajstić information content (AvgIpc) is 2.26. The second kappa shape index (κ2) is 6.16. The van der Waals surface area contributed by atoms with Crippen molar-refractivity contribution in [2.45, 2.75) is 18.9 Å². The van der Waals surface area contributed by atoms with Crippen LogP contribution in [0.5, 0.6) is 0 Å². The Hall–Kier alpha value is -0.510. The van der Waals surface area contributed by atoms with Gasteiger partial charge in [0.15, 0.2) is 0 Å². The summed E-state index contributed by atoms with van der Waals surface area (Å²) in [7, 11) is 0. The predicted molar refractivity (Wildman–Crippen MR) is 67.0 cm³/mol. The Morgan fingerprint density at radius 2 is 2.00 bits per heavy atom.